The molecule has 0 saturated carbocycles. The van der Waals surface area contributed by atoms with E-state index in [1.54, 1.807) is 20.8 Å². The number of nitrogens with one attached hydrogen (secondary N) is 2. The van der Waals surface area contributed by atoms with Crippen LogP contribution in [0, 0.1) is 0 Å². The second-order valence-electron chi connectivity index (χ2n) is 6.71. The molecule has 10 heteroatoms. The van der Waals surface area contributed by atoms with Gasteiger partial charge < -0.3 is 14.8 Å². The molecule has 0 aromatic heterocycles. The van der Waals surface area contributed by atoms with Crippen LogP contribution in [0.1, 0.15) is 37.6 Å². The van der Waals surface area contributed by atoms with Crippen LogP contribution in [0.5, 0.6) is 0 Å². The van der Waals surface area contributed by atoms with E-state index in [0.29, 0.717) is 5.69 Å². The number of hydrogen-bond acceptors (Lipinski definition) is 7. The first kappa shape index (κ1) is 22.4. The van der Waals surface area contributed by atoms with Gasteiger partial charge in [0, 0.05) is 17.8 Å². The van der Waals surface area contributed by atoms with Gasteiger partial charge in [0.15, 0.2) is 12.4 Å². The number of ether oxygens (including phenoxy) is 2. The maximum Gasteiger partial charge on any atom is 0.407 e. The van der Waals surface area contributed by atoms with E-state index < -0.39 is 40.1 Å². The van der Waals surface area contributed by atoms with E-state index in [1.807, 2.05) is 0 Å². The number of anilines is 1. The zero-order valence-electron chi connectivity index (χ0n) is 15.7. The zero-order chi connectivity index (χ0) is 20.7. The molecule has 0 saturated heterocycles. The molecule has 0 unspecified atom stereocenters. The molecule has 9 nitrogen and oxygen atoms in total. The van der Waals surface area contributed by atoms with E-state index in [9.17, 15) is 22.8 Å². The van der Waals surface area contributed by atoms with Crippen LogP contribution in [-0.4, -0.2) is 51.3 Å². The third kappa shape index (κ3) is 10.2. The van der Waals surface area contributed by atoms with Crippen molar-refractivity contribution in [3.8, 4) is 0 Å². The summed E-state index contributed by atoms with van der Waals surface area (Å²) in [4.78, 5) is 35.0. The highest BCUT2D eigenvalue weighted by Crippen LogP contribution is 2.11. The fourth-order valence-electron chi connectivity index (χ4n) is 1.82. The smallest absolute Gasteiger partial charge is 0.407 e. The minimum atomic E-state index is -3.40. The lowest BCUT2D eigenvalue weighted by Gasteiger charge is -2.19. The Bertz CT molecular complexity index is 780. The highest BCUT2D eigenvalue weighted by Gasteiger charge is 2.16. The number of rotatable bonds is 8. The van der Waals surface area contributed by atoms with Gasteiger partial charge in [-0.25, -0.2) is 13.2 Å². The average Bonchev–Trinajstić information content (AvgIpc) is 2.50. The molecule has 1 amide bonds. The summed E-state index contributed by atoms with van der Waals surface area (Å²) in [6.45, 7) is 4.72. The van der Waals surface area contributed by atoms with Gasteiger partial charge in [0.05, 0.1) is 12.7 Å². The van der Waals surface area contributed by atoms with Crippen molar-refractivity contribution in [1.82, 2.24) is 5.32 Å². The molecule has 0 aliphatic rings. The van der Waals surface area contributed by atoms with Gasteiger partial charge in [0.2, 0.25) is 10.0 Å². The van der Waals surface area contributed by atoms with Crippen molar-refractivity contribution in [2.45, 2.75) is 32.8 Å². The van der Waals surface area contributed by atoms with Gasteiger partial charge in [-0.05, 0) is 45.0 Å². The molecular weight excluding hydrogens is 376 g/mol. The number of carbonyl (C=O) groups is 3. The zero-order valence-corrected chi connectivity index (χ0v) is 16.5. The molecule has 0 aliphatic carbocycles. The van der Waals surface area contributed by atoms with Crippen molar-refractivity contribution in [1.29, 1.82) is 0 Å². The molecule has 0 fully saturated rings. The van der Waals surface area contributed by atoms with Crippen molar-refractivity contribution in [3.63, 3.8) is 0 Å². The Morgan fingerprint density at radius 2 is 1.67 bits per heavy atom. The van der Waals surface area contributed by atoms with Gasteiger partial charge in [-0.1, -0.05) is 0 Å². The molecule has 0 radical (unpaired) electrons. The lowest BCUT2D eigenvalue weighted by molar-refractivity contribution is -0.142. The number of esters is 1. The van der Waals surface area contributed by atoms with Crippen LogP contribution in [0.2, 0.25) is 0 Å². The molecule has 1 aromatic carbocycles. The number of hydrogen-bond donors (Lipinski definition) is 2. The summed E-state index contributed by atoms with van der Waals surface area (Å²) in [5, 5.41) is 2.41. The van der Waals surface area contributed by atoms with E-state index in [4.69, 9.17) is 9.47 Å². The van der Waals surface area contributed by atoms with Crippen LogP contribution in [0.3, 0.4) is 0 Å². The fourth-order valence-corrected chi connectivity index (χ4v) is 2.38. The highest BCUT2D eigenvalue weighted by atomic mass is 32.2. The topological polar surface area (TPSA) is 128 Å². The summed E-state index contributed by atoms with van der Waals surface area (Å²) in [5.41, 5.74) is -0.0448. The highest BCUT2D eigenvalue weighted by molar-refractivity contribution is 7.92. The second-order valence-corrected chi connectivity index (χ2v) is 8.46. The lowest BCUT2D eigenvalue weighted by atomic mass is 10.1. The number of benzene rings is 1. The molecule has 1 rings (SSSR count). The largest absolute Gasteiger partial charge is 0.457 e. The van der Waals surface area contributed by atoms with Crippen molar-refractivity contribution in [3.05, 3.63) is 29.8 Å². The SMILES string of the molecule is CC(C)(C)OC(=O)NCCC(=O)OCC(=O)c1ccc(NS(C)(=O)=O)cc1. The van der Waals surface area contributed by atoms with Crippen LogP contribution >= 0.6 is 0 Å². The van der Waals surface area contributed by atoms with Gasteiger partial charge in [-0.3, -0.25) is 14.3 Å². The molecule has 0 atom stereocenters. The van der Waals surface area contributed by atoms with Gasteiger partial charge >= 0.3 is 12.1 Å². The summed E-state index contributed by atoms with van der Waals surface area (Å²) in [5.74, 6) is -1.08. The minimum absolute atomic E-state index is 0.0216. The molecule has 1 aromatic rings. The van der Waals surface area contributed by atoms with Gasteiger partial charge in [-0.15, -0.1) is 0 Å². The number of alkyl carbamates (subject to hydrolysis) is 1. The van der Waals surface area contributed by atoms with Crippen LogP contribution in [0.25, 0.3) is 0 Å². The number of amides is 1. The van der Waals surface area contributed by atoms with Crippen molar-refractivity contribution >= 4 is 33.6 Å². The Balaban J connectivity index is 2.37. The van der Waals surface area contributed by atoms with E-state index in [2.05, 4.69) is 10.0 Å². The van der Waals surface area contributed by atoms with E-state index in [1.165, 1.54) is 24.3 Å². The Labute approximate surface area is 158 Å². The summed E-state index contributed by atoms with van der Waals surface area (Å²) >= 11 is 0. The minimum Gasteiger partial charge on any atom is -0.457 e. The Morgan fingerprint density at radius 1 is 1.07 bits per heavy atom. The van der Waals surface area contributed by atoms with Crippen molar-refractivity contribution in [2.24, 2.45) is 0 Å². The fraction of sp³-hybridized carbons (Fsp3) is 0.471. The van der Waals surface area contributed by atoms with E-state index >= 15 is 0 Å². The van der Waals surface area contributed by atoms with Crippen LogP contribution < -0.4 is 10.0 Å². The third-order valence-corrected chi connectivity index (χ3v) is 3.48. The number of carbonyl (C=O) groups excluding carboxylic acids is 3. The van der Waals surface area contributed by atoms with Gasteiger partial charge in [0.25, 0.3) is 0 Å². The maximum atomic E-state index is 12.0. The van der Waals surface area contributed by atoms with Crippen LogP contribution in [0.15, 0.2) is 24.3 Å². The standard InChI is InChI=1S/C17H24N2O7S/c1-17(2,3)26-16(22)18-10-9-15(21)25-11-14(20)12-5-7-13(8-6-12)19-27(4,23)24/h5-8,19H,9-11H2,1-4H3,(H,18,22). The molecule has 0 bridgehead atoms. The predicted octanol–water partition coefficient (Wildman–Crippen LogP) is 1.70. The first-order valence-corrected chi connectivity index (χ1v) is 9.98. The molecule has 27 heavy (non-hydrogen) atoms. The molecule has 0 spiro atoms. The second kappa shape index (κ2) is 9.36. The molecule has 2 N–H and O–H groups in total. The molecule has 0 aliphatic heterocycles. The quantitative estimate of drug-likeness (QED) is 0.502. The summed E-state index contributed by atoms with van der Waals surface area (Å²) in [7, 11) is -3.40. The van der Waals surface area contributed by atoms with E-state index in [-0.39, 0.29) is 18.5 Å². The van der Waals surface area contributed by atoms with Crippen LogP contribution in [-0.2, 0) is 24.3 Å². The molecule has 150 valence electrons. The summed E-state index contributed by atoms with van der Waals surface area (Å²) in [6, 6.07) is 5.71. The first-order chi connectivity index (χ1) is 12.4. The number of Topliss-reactive ketones (excluding diaryl/α,β-unsaturated/α-hetero) is 1. The van der Waals surface area contributed by atoms with Crippen molar-refractivity contribution < 1.29 is 32.3 Å². The predicted molar refractivity (Wildman–Crippen MR) is 99.1 cm³/mol. The average molecular weight is 400 g/mol. The monoisotopic (exact) mass is 400 g/mol. The summed E-state index contributed by atoms with van der Waals surface area (Å²) < 4.78 is 34.4. The van der Waals surface area contributed by atoms with E-state index in [0.717, 1.165) is 6.26 Å². The first-order valence-electron chi connectivity index (χ1n) is 8.09. The molecular formula is C17H24N2O7S. The maximum absolute atomic E-state index is 12.0. The number of ketones is 1. The lowest BCUT2D eigenvalue weighted by Crippen LogP contribution is -2.33. The normalized spacial score (nSPS) is 11.4. The Morgan fingerprint density at radius 3 is 2.19 bits per heavy atom. The molecule has 0 heterocycles. The Kier molecular flexibility index (Phi) is 7.77. The Hall–Kier alpha value is -2.62. The van der Waals surface area contributed by atoms with Gasteiger partial charge in [-0.2, -0.15) is 0 Å². The van der Waals surface area contributed by atoms with Gasteiger partial charge in [0.1, 0.15) is 5.60 Å². The summed E-state index contributed by atoms with van der Waals surface area (Å²) in [6.07, 6.45) is 0.265. The van der Waals surface area contributed by atoms with Crippen LogP contribution in [0.4, 0.5) is 10.5 Å². The number of sulfonamides is 1. The third-order valence-electron chi connectivity index (χ3n) is 2.87. The van der Waals surface area contributed by atoms with Crippen molar-refractivity contribution in [2.75, 3.05) is 24.1 Å².